The maximum atomic E-state index is 13.3. The van der Waals surface area contributed by atoms with Crippen molar-refractivity contribution in [2.45, 2.75) is 51.4 Å². The Hall–Kier alpha value is -3.71. The molecule has 0 saturated carbocycles. The van der Waals surface area contributed by atoms with Gasteiger partial charge in [0.1, 0.15) is 18.8 Å². The Morgan fingerprint density at radius 2 is 1.59 bits per heavy atom. The monoisotopic (exact) mass is 479 g/mol. The molecule has 3 rings (SSSR count). The smallest absolute Gasteiger partial charge is 0.352 e. The SMILES string of the molecule is CO[C@H]1O[C@H](COC(C)=O)[C@@H](OC(C)=O)[C@H](OC(C)=O)[C@@H]1n1[nH]c(=O)n(-c2ccccc2)c1=O. The highest BCUT2D eigenvalue weighted by molar-refractivity contribution is 5.67. The third-order valence-electron chi connectivity index (χ3n) is 5.03. The van der Waals surface area contributed by atoms with Gasteiger partial charge in [-0.1, -0.05) is 18.2 Å². The number of nitrogens with one attached hydrogen (secondary N) is 1. The average molecular weight is 479 g/mol. The number of aromatic nitrogens is 3. The van der Waals surface area contributed by atoms with Gasteiger partial charge in [-0.05, 0) is 12.1 Å². The first-order valence-electron chi connectivity index (χ1n) is 10.3. The second-order valence-corrected chi connectivity index (χ2v) is 7.46. The van der Waals surface area contributed by atoms with Crippen LogP contribution in [-0.4, -0.2) is 70.6 Å². The number of para-hydroxylation sites is 1. The summed E-state index contributed by atoms with van der Waals surface area (Å²) in [5.41, 5.74) is -1.27. The zero-order valence-electron chi connectivity index (χ0n) is 19.0. The molecule has 1 aromatic heterocycles. The first-order chi connectivity index (χ1) is 16.1. The van der Waals surface area contributed by atoms with E-state index in [2.05, 4.69) is 5.10 Å². The summed E-state index contributed by atoms with van der Waals surface area (Å²) >= 11 is 0. The molecule has 0 bridgehead atoms. The molecule has 1 saturated heterocycles. The summed E-state index contributed by atoms with van der Waals surface area (Å²) in [6.07, 6.45) is -5.01. The highest BCUT2D eigenvalue weighted by Gasteiger charge is 2.52. The largest absolute Gasteiger partial charge is 0.463 e. The lowest BCUT2D eigenvalue weighted by Crippen LogP contribution is -2.60. The highest BCUT2D eigenvalue weighted by Crippen LogP contribution is 2.34. The number of ether oxygens (including phenoxy) is 5. The van der Waals surface area contributed by atoms with Crippen molar-refractivity contribution >= 4 is 17.9 Å². The molecule has 1 aromatic carbocycles. The van der Waals surface area contributed by atoms with Crippen LogP contribution in [0.1, 0.15) is 26.8 Å². The van der Waals surface area contributed by atoms with E-state index >= 15 is 0 Å². The van der Waals surface area contributed by atoms with Gasteiger partial charge in [-0.3, -0.25) is 14.4 Å². The van der Waals surface area contributed by atoms with Crippen LogP contribution in [-0.2, 0) is 38.1 Å². The van der Waals surface area contributed by atoms with Crippen LogP contribution >= 0.6 is 0 Å². The molecule has 13 heteroatoms. The number of rotatable bonds is 7. The van der Waals surface area contributed by atoms with Crippen molar-refractivity contribution in [2.75, 3.05) is 13.7 Å². The van der Waals surface area contributed by atoms with Gasteiger partial charge in [0.05, 0.1) is 5.69 Å². The highest BCUT2D eigenvalue weighted by atomic mass is 16.7. The third-order valence-corrected chi connectivity index (χ3v) is 5.03. The molecular formula is C21H25N3O10. The van der Waals surface area contributed by atoms with Crippen molar-refractivity contribution in [2.24, 2.45) is 0 Å². The summed E-state index contributed by atoms with van der Waals surface area (Å²) in [5, 5.41) is 2.42. The van der Waals surface area contributed by atoms with E-state index in [4.69, 9.17) is 23.7 Å². The number of aromatic amines is 1. The zero-order valence-corrected chi connectivity index (χ0v) is 19.0. The average Bonchev–Trinajstić information content (AvgIpc) is 3.06. The number of hydrogen-bond acceptors (Lipinski definition) is 10. The summed E-state index contributed by atoms with van der Waals surface area (Å²) in [6.45, 7) is 3.08. The number of H-pyrrole nitrogens is 1. The summed E-state index contributed by atoms with van der Waals surface area (Å²) in [6, 6.07) is 6.88. The van der Waals surface area contributed by atoms with E-state index in [9.17, 15) is 24.0 Å². The normalized spacial score (nSPS) is 24.3. The summed E-state index contributed by atoms with van der Waals surface area (Å²) in [4.78, 5) is 61.1. The molecule has 13 nitrogen and oxygen atoms in total. The van der Waals surface area contributed by atoms with Crippen LogP contribution in [0.4, 0.5) is 0 Å². The molecule has 2 heterocycles. The van der Waals surface area contributed by atoms with E-state index in [1.54, 1.807) is 30.3 Å². The quantitative estimate of drug-likeness (QED) is 0.412. The lowest BCUT2D eigenvalue weighted by Gasteiger charge is -2.44. The standard InChI is InChI=1S/C21H25N3O10/c1-11(25)31-10-15-17(32-12(2)26)18(33-13(3)27)16(19(30-4)34-15)24-21(29)23(20(28)22-24)14-8-6-5-7-9-14/h5-9,15-19H,10H2,1-4H3,(H,22,28)/t15-,16+,17-,18-,19+/m1/s1. The molecule has 0 aliphatic carbocycles. The second kappa shape index (κ2) is 10.5. The van der Waals surface area contributed by atoms with Crippen LogP contribution in [0, 0.1) is 0 Å². The molecule has 0 unspecified atom stereocenters. The van der Waals surface area contributed by atoms with Gasteiger partial charge in [-0.15, -0.1) is 0 Å². The van der Waals surface area contributed by atoms with E-state index in [1.165, 1.54) is 14.0 Å². The maximum Gasteiger partial charge on any atom is 0.352 e. The van der Waals surface area contributed by atoms with Crippen LogP contribution < -0.4 is 11.4 Å². The Balaban J connectivity index is 2.13. The third kappa shape index (κ3) is 5.26. The maximum absolute atomic E-state index is 13.3. The van der Waals surface area contributed by atoms with Gasteiger partial charge >= 0.3 is 29.3 Å². The first-order valence-corrected chi connectivity index (χ1v) is 10.3. The van der Waals surface area contributed by atoms with E-state index in [-0.39, 0.29) is 6.61 Å². The van der Waals surface area contributed by atoms with Gasteiger partial charge in [0, 0.05) is 27.9 Å². The minimum absolute atomic E-state index is 0.298. The molecule has 184 valence electrons. The fourth-order valence-electron chi connectivity index (χ4n) is 3.75. The topological polar surface area (TPSA) is 157 Å². The van der Waals surface area contributed by atoms with Gasteiger partial charge in [-0.25, -0.2) is 23.9 Å². The Morgan fingerprint density at radius 1 is 0.971 bits per heavy atom. The van der Waals surface area contributed by atoms with E-state index < -0.39 is 59.9 Å². The van der Waals surface area contributed by atoms with Crippen LogP contribution in [0.3, 0.4) is 0 Å². The minimum atomic E-state index is -1.35. The summed E-state index contributed by atoms with van der Waals surface area (Å²) < 4.78 is 28.8. The van der Waals surface area contributed by atoms with Crippen molar-refractivity contribution in [3.8, 4) is 5.69 Å². The van der Waals surface area contributed by atoms with E-state index in [1.807, 2.05) is 0 Å². The molecule has 0 amide bonds. The molecule has 0 spiro atoms. The molecule has 1 aliphatic rings. The van der Waals surface area contributed by atoms with Crippen molar-refractivity contribution in [1.82, 2.24) is 14.3 Å². The van der Waals surface area contributed by atoms with Gasteiger partial charge < -0.3 is 23.7 Å². The Morgan fingerprint density at radius 3 is 2.15 bits per heavy atom. The van der Waals surface area contributed by atoms with E-state index in [0.717, 1.165) is 23.1 Å². The van der Waals surface area contributed by atoms with Crippen LogP contribution in [0.2, 0.25) is 0 Å². The second-order valence-electron chi connectivity index (χ2n) is 7.46. The molecule has 34 heavy (non-hydrogen) atoms. The van der Waals surface area contributed by atoms with Crippen molar-refractivity contribution in [3.05, 3.63) is 51.3 Å². The summed E-state index contributed by atoms with van der Waals surface area (Å²) in [5.74, 6) is -2.12. The first kappa shape index (κ1) is 24.9. The van der Waals surface area contributed by atoms with Gasteiger partial charge in [0.2, 0.25) is 0 Å². The Kier molecular flexibility index (Phi) is 7.68. The predicted octanol–water partition coefficient (Wildman–Crippen LogP) is -0.334. The number of methoxy groups -OCH3 is 1. The van der Waals surface area contributed by atoms with E-state index in [0.29, 0.717) is 5.69 Å². The Bertz CT molecular complexity index is 1150. The Labute approximate surface area is 193 Å². The van der Waals surface area contributed by atoms with Crippen LogP contribution in [0.15, 0.2) is 39.9 Å². The van der Waals surface area contributed by atoms with Crippen LogP contribution in [0.5, 0.6) is 0 Å². The van der Waals surface area contributed by atoms with Crippen molar-refractivity contribution in [3.63, 3.8) is 0 Å². The number of esters is 3. The molecular weight excluding hydrogens is 454 g/mol. The van der Waals surface area contributed by atoms with Crippen LogP contribution in [0.25, 0.3) is 5.69 Å². The van der Waals surface area contributed by atoms with Gasteiger partial charge in [0.15, 0.2) is 18.5 Å². The number of carbonyl (C=O) groups excluding carboxylic acids is 3. The van der Waals surface area contributed by atoms with Gasteiger partial charge in [-0.2, -0.15) is 0 Å². The molecule has 1 aliphatic heterocycles. The lowest BCUT2D eigenvalue weighted by molar-refractivity contribution is -0.282. The number of benzene rings is 1. The summed E-state index contributed by atoms with van der Waals surface area (Å²) in [7, 11) is 1.27. The fourth-order valence-corrected chi connectivity index (χ4v) is 3.75. The number of nitrogens with zero attached hydrogens (tertiary/aromatic N) is 2. The lowest BCUT2D eigenvalue weighted by atomic mass is 9.96. The number of hydrogen-bond donors (Lipinski definition) is 1. The molecule has 2 aromatic rings. The zero-order chi connectivity index (χ0) is 25.0. The molecule has 5 atom stereocenters. The number of carbonyl (C=O) groups is 3. The molecule has 0 radical (unpaired) electrons. The minimum Gasteiger partial charge on any atom is -0.463 e. The molecule has 1 N–H and O–H groups in total. The van der Waals surface area contributed by atoms with Crippen molar-refractivity contribution < 1.29 is 38.1 Å². The predicted molar refractivity (Wildman–Crippen MR) is 113 cm³/mol. The van der Waals surface area contributed by atoms with Crippen molar-refractivity contribution in [1.29, 1.82) is 0 Å². The molecule has 1 fully saturated rings. The van der Waals surface area contributed by atoms with Gasteiger partial charge in [0.25, 0.3) is 0 Å². The fraction of sp³-hybridized carbons (Fsp3) is 0.476.